The second kappa shape index (κ2) is 7.85. The molecule has 0 saturated heterocycles. The zero-order chi connectivity index (χ0) is 17.8. The van der Waals surface area contributed by atoms with Crippen LogP contribution in [0.1, 0.15) is 24.6 Å². The Morgan fingerprint density at radius 2 is 2.12 bits per heavy atom. The topological polar surface area (TPSA) is 53.4 Å². The maximum Gasteiger partial charge on any atom is 0.274 e. The fraction of sp³-hybridized carbons (Fsp3) is 0.368. The molecule has 132 valence electrons. The van der Waals surface area contributed by atoms with Gasteiger partial charge in [0, 0.05) is 43.5 Å². The third-order valence-electron chi connectivity index (χ3n) is 4.38. The highest BCUT2D eigenvalue weighted by atomic mass is 35.5. The number of H-pyrrole nitrogens is 1. The second-order valence-corrected chi connectivity index (χ2v) is 6.66. The molecule has 1 aromatic heterocycles. The van der Waals surface area contributed by atoms with Crippen LogP contribution in [0.5, 0.6) is 0 Å². The standard InChI is InChI=1S/C19H23ClN4O/c1-3-4-14(11-21-2)12-23-10-9-17-18(13-23)22-24(19(17)25)16-7-5-15(20)6-8-16/h4-8,11,22H,3,9-10,12-13H2,1-2H3/b14-4+,21-11?. The first-order valence-electron chi connectivity index (χ1n) is 8.54. The molecule has 0 spiro atoms. The van der Waals surface area contributed by atoms with Gasteiger partial charge in [0.25, 0.3) is 5.56 Å². The summed E-state index contributed by atoms with van der Waals surface area (Å²) in [4.78, 5) is 19.2. The maximum atomic E-state index is 12.7. The van der Waals surface area contributed by atoms with Crippen LogP contribution in [0.2, 0.25) is 5.02 Å². The van der Waals surface area contributed by atoms with Crippen molar-refractivity contribution in [3.05, 3.63) is 62.5 Å². The largest absolute Gasteiger partial charge is 0.296 e. The van der Waals surface area contributed by atoms with Gasteiger partial charge in [0.15, 0.2) is 0 Å². The Balaban J connectivity index is 1.82. The van der Waals surface area contributed by atoms with Crippen LogP contribution in [0.3, 0.4) is 0 Å². The van der Waals surface area contributed by atoms with E-state index in [2.05, 4.69) is 28.0 Å². The number of benzene rings is 1. The molecule has 0 aliphatic carbocycles. The summed E-state index contributed by atoms with van der Waals surface area (Å²) < 4.78 is 1.61. The van der Waals surface area contributed by atoms with Crippen LogP contribution < -0.4 is 5.56 Å². The quantitative estimate of drug-likeness (QED) is 0.834. The Bertz CT molecular complexity index is 845. The maximum absolute atomic E-state index is 12.7. The van der Waals surface area contributed by atoms with Gasteiger partial charge in [-0.2, -0.15) is 0 Å². The molecule has 1 aromatic carbocycles. The number of hydrogen-bond acceptors (Lipinski definition) is 3. The van der Waals surface area contributed by atoms with E-state index in [1.165, 1.54) is 5.57 Å². The van der Waals surface area contributed by atoms with Crippen molar-refractivity contribution in [2.75, 3.05) is 20.1 Å². The minimum atomic E-state index is 0.0383. The van der Waals surface area contributed by atoms with Crippen molar-refractivity contribution in [3.63, 3.8) is 0 Å². The molecule has 2 heterocycles. The lowest BCUT2D eigenvalue weighted by atomic mass is 10.1. The molecule has 0 atom stereocenters. The highest BCUT2D eigenvalue weighted by Gasteiger charge is 2.23. The van der Waals surface area contributed by atoms with E-state index in [0.717, 1.165) is 49.4 Å². The average Bonchev–Trinajstić information content (AvgIpc) is 2.92. The predicted molar refractivity (Wildman–Crippen MR) is 103 cm³/mol. The Morgan fingerprint density at radius 3 is 2.80 bits per heavy atom. The smallest absolute Gasteiger partial charge is 0.274 e. The van der Waals surface area contributed by atoms with Crippen molar-refractivity contribution in [1.82, 2.24) is 14.7 Å². The van der Waals surface area contributed by atoms with Crippen LogP contribution in [0, 0.1) is 0 Å². The summed E-state index contributed by atoms with van der Waals surface area (Å²) >= 11 is 5.94. The predicted octanol–water partition coefficient (Wildman–Crippen LogP) is 3.21. The third kappa shape index (κ3) is 3.94. The molecule has 1 aliphatic rings. The molecule has 25 heavy (non-hydrogen) atoms. The molecule has 0 radical (unpaired) electrons. The van der Waals surface area contributed by atoms with Crippen LogP contribution in [-0.4, -0.2) is 41.0 Å². The number of aromatic nitrogens is 2. The van der Waals surface area contributed by atoms with Crippen molar-refractivity contribution in [2.24, 2.45) is 4.99 Å². The molecule has 0 unspecified atom stereocenters. The highest BCUT2D eigenvalue weighted by molar-refractivity contribution is 6.30. The SMILES string of the molecule is CC/C=C(\C=NC)CN1CCc2c([nH]n(-c3ccc(Cl)cc3)c2=O)C1. The van der Waals surface area contributed by atoms with Gasteiger partial charge in [0.05, 0.1) is 11.4 Å². The van der Waals surface area contributed by atoms with E-state index < -0.39 is 0 Å². The first-order valence-corrected chi connectivity index (χ1v) is 8.92. The molecule has 5 nitrogen and oxygen atoms in total. The van der Waals surface area contributed by atoms with E-state index in [0.29, 0.717) is 5.02 Å². The summed E-state index contributed by atoms with van der Waals surface area (Å²) in [7, 11) is 1.79. The average molecular weight is 359 g/mol. The molecule has 0 amide bonds. The second-order valence-electron chi connectivity index (χ2n) is 6.22. The van der Waals surface area contributed by atoms with Crippen molar-refractivity contribution < 1.29 is 0 Å². The number of nitrogens with zero attached hydrogens (tertiary/aromatic N) is 3. The fourth-order valence-electron chi connectivity index (χ4n) is 3.23. The molecule has 0 fully saturated rings. The summed E-state index contributed by atoms with van der Waals surface area (Å²) in [6, 6.07) is 7.29. The van der Waals surface area contributed by atoms with E-state index in [1.54, 1.807) is 23.9 Å². The number of rotatable bonds is 5. The number of fused-ring (bicyclic) bond motifs is 1. The Labute approximate surface area is 152 Å². The van der Waals surface area contributed by atoms with E-state index in [9.17, 15) is 4.79 Å². The van der Waals surface area contributed by atoms with Gasteiger partial charge >= 0.3 is 0 Å². The van der Waals surface area contributed by atoms with Gasteiger partial charge in [-0.05, 0) is 42.7 Å². The van der Waals surface area contributed by atoms with Gasteiger partial charge in [-0.3, -0.25) is 19.8 Å². The van der Waals surface area contributed by atoms with Crippen LogP contribution in [0.4, 0.5) is 0 Å². The van der Waals surface area contributed by atoms with Gasteiger partial charge in [-0.1, -0.05) is 24.6 Å². The normalized spacial score (nSPS) is 15.7. The molecular weight excluding hydrogens is 336 g/mol. The lowest BCUT2D eigenvalue weighted by Gasteiger charge is -2.26. The molecule has 1 aliphatic heterocycles. The summed E-state index contributed by atoms with van der Waals surface area (Å²) in [5.41, 5.74) is 3.94. The van der Waals surface area contributed by atoms with E-state index in [1.807, 2.05) is 18.3 Å². The van der Waals surface area contributed by atoms with Crippen LogP contribution >= 0.6 is 11.6 Å². The van der Waals surface area contributed by atoms with Gasteiger partial charge in [-0.15, -0.1) is 0 Å². The Morgan fingerprint density at radius 1 is 1.36 bits per heavy atom. The van der Waals surface area contributed by atoms with Crippen molar-refractivity contribution in [1.29, 1.82) is 0 Å². The minimum absolute atomic E-state index is 0.0383. The zero-order valence-electron chi connectivity index (χ0n) is 14.6. The van der Waals surface area contributed by atoms with Crippen molar-refractivity contribution >= 4 is 17.8 Å². The van der Waals surface area contributed by atoms with Gasteiger partial charge in [0.1, 0.15) is 0 Å². The van der Waals surface area contributed by atoms with Crippen LogP contribution in [-0.2, 0) is 13.0 Å². The van der Waals surface area contributed by atoms with Crippen LogP contribution in [0.25, 0.3) is 5.69 Å². The molecular formula is C19H23ClN4O. The first-order chi connectivity index (χ1) is 12.1. The number of hydrogen-bond donors (Lipinski definition) is 1. The fourth-order valence-corrected chi connectivity index (χ4v) is 3.36. The zero-order valence-corrected chi connectivity index (χ0v) is 15.4. The molecule has 0 bridgehead atoms. The summed E-state index contributed by atoms with van der Waals surface area (Å²) in [6.45, 7) is 4.59. The van der Waals surface area contributed by atoms with Gasteiger partial charge in [-0.25, -0.2) is 4.68 Å². The Kier molecular flexibility index (Phi) is 5.56. The third-order valence-corrected chi connectivity index (χ3v) is 4.64. The van der Waals surface area contributed by atoms with Crippen molar-refractivity contribution in [3.8, 4) is 5.69 Å². The molecule has 6 heteroatoms. The first kappa shape index (κ1) is 17.7. The van der Waals surface area contributed by atoms with Crippen molar-refractivity contribution in [2.45, 2.75) is 26.3 Å². The summed E-state index contributed by atoms with van der Waals surface area (Å²) in [5, 5.41) is 3.93. The highest BCUT2D eigenvalue weighted by Crippen LogP contribution is 2.18. The number of halogens is 1. The molecule has 3 rings (SSSR count). The lowest BCUT2D eigenvalue weighted by Crippen LogP contribution is -2.33. The number of nitrogens with one attached hydrogen (secondary N) is 1. The molecule has 2 aromatic rings. The number of allylic oxidation sites excluding steroid dienone is 1. The summed E-state index contributed by atoms with van der Waals surface area (Å²) in [5.74, 6) is 0. The van der Waals surface area contributed by atoms with E-state index in [4.69, 9.17) is 11.6 Å². The minimum Gasteiger partial charge on any atom is -0.296 e. The molecule has 1 N–H and O–H groups in total. The van der Waals surface area contributed by atoms with Gasteiger partial charge in [0.2, 0.25) is 0 Å². The monoisotopic (exact) mass is 358 g/mol. The lowest BCUT2D eigenvalue weighted by molar-refractivity contribution is 0.275. The van der Waals surface area contributed by atoms with Gasteiger partial charge < -0.3 is 0 Å². The van der Waals surface area contributed by atoms with E-state index >= 15 is 0 Å². The number of aliphatic imine (C=N–C) groups is 1. The Hall–Kier alpha value is -2.11. The molecule has 0 saturated carbocycles. The number of aromatic amines is 1. The summed E-state index contributed by atoms with van der Waals surface area (Å²) in [6.07, 6.45) is 5.86. The van der Waals surface area contributed by atoms with E-state index in [-0.39, 0.29) is 5.56 Å². The van der Waals surface area contributed by atoms with Crippen LogP contribution in [0.15, 0.2) is 45.7 Å².